The van der Waals surface area contributed by atoms with E-state index < -0.39 is 0 Å². The summed E-state index contributed by atoms with van der Waals surface area (Å²) in [7, 11) is 0. The monoisotopic (exact) mass is 418 g/mol. The van der Waals surface area contributed by atoms with Gasteiger partial charge in [0.25, 0.3) is 11.6 Å². The standard InChI is InChI=1S/C19H16Cl2N4O3/c20-12-5-6-14-13(11-12)17(21)18(22-14)19(26)24-9-7-23(8-10-24)15-3-1-2-4-16(15)25(27)28/h1-6,11,22H,7-10H2. The van der Waals surface area contributed by atoms with E-state index in [9.17, 15) is 14.9 Å². The lowest BCUT2D eigenvalue weighted by molar-refractivity contribution is -0.384. The van der Waals surface area contributed by atoms with Gasteiger partial charge < -0.3 is 14.8 Å². The third kappa shape index (κ3) is 3.27. The Morgan fingerprint density at radius 2 is 1.79 bits per heavy atom. The number of nitrogens with one attached hydrogen (secondary N) is 1. The number of nitro benzene ring substituents is 1. The summed E-state index contributed by atoms with van der Waals surface area (Å²) >= 11 is 12.4. The normalized spacial score (nSPS) is 14.5. The van der Waals surface area contributed by atoms with Gasteiger partial charge in [-0.1, -0.05) is 35.3 Å². The Kier molecular flexibility index (Phi) is 4.87. The Morgan fingerprint density at radius 3 is 2.50 bits per heavy atom. The molecule has 0 bridgehead atoms. The molecular formula is C19H16Cl2N4O3. The first-order chi connectivity index (χ1) is 13.5. The second-order valence-corrected chi connectivity index (χ2v) is 7.34. The van der Waals surface area contributed by atoms with Crippen LogP contribution in [0.5, 0.6) is 0 Å². The van der Waals surface area contributed by atoms with E-state index in [1.807, 2.05) is 4.90 Å². The number of anilines is 1. The van der Waals surface area contributed by atoms with Crippen molar-refractivity contribution in [2.24, 2.45) is 0 Å². The zero-order valence-electron chi connectivity index (χ0n) is 14.7. The van der Waals surface area contributed by atoms with Crippen LogP contribution in [0.2, 0.25) is 10.0 Å². The van der Waals surface area contributed by atoms with E-state index in [2.05, 4.69) is 4.98 Å². The van der Waals surface area contributed by atoms with Gasteiger partial charge in [0.15, 0.2) is 0 Å². The van der Waals surface area contributed by atoms with Crippen LogP contribution >= 0.6 is 23.2 Å². The highest BCUT2D eigenvalue weighted by molar-refractivity contribution is 6.39. The number of para-hydroxylation sites is 2. The third-order valence-corrected chi connectivity index (χ3v) is 5.52. The summed E-state index contributed by atoms with van der Waals surface area (Å²) in [5.41, 5.74) is 1.71. The molecule has 0 radical (unpaired) electrons. The summed E-state index contributed by atoms with van der Waals surface area (Å²) in [6, 6.07) is 11.9. The van der Waals surface area contributed by atoms with E-state index in [0.717, 1.165) is 5.52 Å². The van der Waals surface area contributed by atoms with Gasteiger partial charge in [0.1, 0.15) is 11.4 Å². The largest absolute Gasteiger partial charge is 0.362 e. The maximum Gasteiger partial charge on any atom is 0.292 e. The number of aromatic amines is 1. The number of benzene rings is 2. The summed E-state index contributed by atoms with van der Waals surface area (Å²) < 4.78 is 0. The van der Waals surface area contributed by atoms with Gasteiger partial charge in [-0.3, -0.25) is 14.9 Å². The lowest BCUT2D eigenvalue weighted by Gasteiger charge is -2.35. The molecule has 2 aromatic carbocycles. The average molecular weight is 419 g/mol. The molecule has 0 atom stereocenters. The molecule has 0 aliphatic carbocycles. The average Bonchev–Trinajstić information content (AvgIpc) is 3.03. The summed E-state index contributed by atoms with van der Waals surface area (Å²) in [4.78, 5) is 30.5. The number of piperazine rings is 1. The van der Waals surface area contributed by atoms with Crippen LogP contribution in [-0.4, -0.2) is 46.9 Å². The van der Waals surface area contributed by atoms with Gasteiger partial charge in [-0.2, -0.15) is 0 Å². The van der Waals surface area contributed by atoms with E-state index in [1.54, 1.807) is 41.3 Å². The molecule has 4 rings (SSSR count). The van der Waals surface area contributed by atoms with Gasteiger partial charge in [0.2, 0.25) is 0 Å². The number of carbonyl (C=O) groups excluding carboxylic acids is 1. The van der Waals surface area contributed by atoms with Crippen LogP contribution in [0.4, 0.5) is 11.4 Å². The van der Waals surface area contributed by atoms with Gasteiger partial charge in [0.05, 0.1) is 9.95 Å². The smallest absolute Gasteiger partial charge is 0.292 e. The van der Waals surface area contributed by atoms with E-state index in [0.29, 0.717) is 53.0 Å². The summed E-state index contributed by atoms with van der Waals surface area (Å²) in [6.45, 7) is 1.88. The molecule has 1 aromatic heterocycles. The minimum absolute atomic E-state index is 0.0674. The molecule has 3 aromatic rings. The summed E-state index contributed by atoms with van der Waals surface area (Å²) in [5, 5.41) is 12.9. The van der Waals surface area contributed by atoms with Crippen molar-refractivity contribution in [3.63, 3.8) is 0 Å². The molecule has 144 valence electrons. The highest BCUT2D eigenvalue weighted by Gasteiger charge is 2.28. The van der Waals surface area contributed by atoms with Gasteiger partial charge >= 0.3 is 0 Å². The highest BCUT2D eigenvalue weighted by Crippen LogP contribution is 2.32. The Balaban J connectivity index is 1.52. The lowest BCUT2D eigenvalue weighted by Crippen LogP contribution is -2.49. The SMILES string of the molecule is O=C(c1[nH]c2ccc(Cl)cc2c1Cl)N1CCN(c2ccccc2[N+](=O)[O-])CC1. The zero-order valence-corrected chi connectivity index (χ0v) is 16.2. The molecule has 0 spiro atoms. The topological polar surface area (TPSA) is 82.5 Å². The number of aromatic nitrogens is 1. The van der Waals surface area contributed by atoms with Crippen LogP contribution in [-0.2, 0) is 0 Å². The van der Waals surface area contributed by atoms with E-state index in [1.165, 1.54) is 6.07 Å². The number of H-pyrrole nitrogens is 1. The maximum atomic E-state index is 12.9. The molecule has 1 aliphatic heterocycles. The number of halogens is 2. The minimum Gasteiger partial charge on any atom is -0.362 e. The van der Waals surface area contributed by atoms with Crippen molar-refractivity contribution in [3.05, 3.63) is 68.3 Å². The number of hydrogen-bond acceptors (Lipinski definition) is 4. The van der Waals surface area contributed by atoms with Gasteiger partial charge in [-0.15, -0.1) is 0 Å². The van der Waals surface area contributed by atoms with Crippen molar-refractivity contribution in [2.75, 3.05) is 31.1 Å². The second kappa shape index (κ2) is 7.33. The van der Waals surface area contributed by atoms with Crippen LogP contribution in [0.1, 0.15) is 10.5 Å². The highest BCUT2D eigenvalue weighted by atomic mass is 35.5. The minimum atomic E-state index is -0.387. The Hall–Kier alpha value is -2.77. The summed E-state index contributed by atoms with van der Waals surface area (Å²) in [5.74, 6) is -0.195. The molecule has 1 N–H and O–H groups in total. The molecule has 0 saturated carbocycles. The van der Waals surface area contributed by atoms with E-state index in [-0.39, 0.29) is 16.5 Å². The molecule has 2 heterocycles. The number of fused-ring (bicyclic) bond motifs is 1. The fraction of sp³-hybridized carbons (Fsp3) is 0.211. The van der Waals surface area contributed by atoms with Gasteiger partial charge in [-0.25, -0.2) is 0 Å². The molecular weight excluding hydrogens is 403 g/mol. The summed E-state index contributed by atoms with van der Waals surface area (Å²) in [6.07, 6.45) is 0. The third-order valence-electron chi connectivity index (χ3n) is 4.90. The van der Waals surface area contributed by atoms with Crippen molar-refractivity contribution >= 4 is 51.4 Å². The molecule has 1 fully saturated rings. The van der Waals surface area contributed by atoms with Crippen molar-refractivity contribution < 1.29 is 9.72 Å². The number of hydrogen-bond donors (Lipinski definition) is 1. The number of amides is 1. The zero-order chi connectivity index (χ0) is 19.8. The van der Waals surface area contributed by atoms with E-state index >= 15 is 0 Å². The molecule has 9 heteroatoms. The van der Waals surface area contributed by atoms with Crippen molar-refractivity contribution in [1.29, 1.82) is 0 Å². The lowest BCUT2D eigenvalue weighted by atomic mass is 10.2. The van der Waals surface area contributed by atoms with Crippen LogP contribution in [0.15, 0.2) is 42.5 Å². The second-order valence-electron chi connectivity index (χ2n) is 6.53. The Labute approximate surface area is 170 Å². The van der Waals surface area contributed by atoms with Crippen LogP contribution in [0.25, 0.3) is 10.9 Å². The van der Waals surface area contributed by atoms with Crippen molar-refractivity contribution in [3.8, 4) is 0 Å². The molecule has 0 unspecified atom stereocenters. The quantitative estimate of drug-likeness (QED) is 0.506. The van der Waals surface area contributed by atoms with E-state index in [4.69, 9.17) is 23.2 Å². The molecule has 1 amide bonds. The fourth-order valence-electron chi connectivity index (χ4n) is 3.47. The predicted molar refractivity (Wildman–Crippen MR) is 110 cm³/mol. The fourth-order valence-corrected chi connectivity index (χ4v) is 3.93. The predicted octanol–water partition coefficient (Wildman–Crippen LogP) is 4.35. The number of carbonyl (C=O) groups is 1. The first-order valence-electron chi connectivity index (χ1n) is 8.70. The molecule has 28 heavy (non-hydrogen) atoms. The van der Waals surface area contributed by atoms with Crippen molar-refractivity contribution in [1.82, 2.24) is 9.88 Å². The number of nitrogens with zero attached hydrogens (tertiary/aromatic N) is 3. The van der Waals surface area contributed by atoms with Crippen LogP contribution in [0.3, 0.4) is 0 Å². The maximum absolute atomic E-state index is 12.9. The van der Waals surface area contributed by atoms with Crippen LogP contribution < -0.4 is 4.90 Å². The first-order valence-corrected chi connectivity index (χ1v) is 9.45. The number of rotatable bonds is 3. The Morgan fingerprint density at radius 1 is 1.07 bits per heavy atom. The number of nitro groups is 1. The first kappa shape index (κ1) is 18.6. The Bertz CT molecular complexity index is 1070. The molecule has 1 saturated heterocycles. The molecule has 1 aliphatic rings. The van der Waals surface area contributed by atoms with Crippen molar-refractivity contribution in [2.45, 2.75) is 0 Å². The van der Waals surface area contributed by atoms with Crippen LogP contribution in [0, 0.1) is 10.1 Å². The molecule has 7 nitrogen and oxygen atoms in total. The van der Waals surface area contributed by atoms with Gasteiger partial charge in [0, 0.05) is 48.2 Å². The van der Waals surface area contributed by atoms with Gasteiger partial charge in [-0.05, 0) is 24.3 Å².